The van der Waals surface area contributed by atoms with Crippen LogP contribution in [0.4, 0.5) is 18.0 Å². The number of aliphatic carboxylic acids is 1. The number of hydrogen-bond donors (Lipinski definition) is 2. The molecule has 232 valence electrons. The Morgan fingerprint density at radius 2 is 2.00 bits per heavy atom. The molecule has 0 spiro atoms. The topological polar surface area (TPSA) is 125 Å². The number of ether oxygens (including phenoxy) is 1. The van der Waals surface area contributed by atoms with Gasteiger partial charge in [0.05, 0.1) is 12.1 Å². The fourth-order valence-electron chi connectivity index (χ4n) is 5.86. The van der Waals surface area contributed by atoms with Crippen LogP contribution in [0.5, 0.6) is 5.75 Å². The maximum Gasteiger partial charge on any atom is 0.434 e. The summed E-state index contributed by atoms with van der Waals surface area (Å²) in [6.45, 7) is 0.493. The van der Waals surface area contributed by atoms with E-state index in [0.717, 1.165) is 36.0 Å². The van der Waals surface area contributed by atoms with E-state index in [2.05, 4.69) is 15.3 Å². The SMILES string of the molecule is CN1CCCC/C=C\[C@@H]2C[C@@]2(C(=O)O)NC(=O)N2C[C@@H](Oc3cc(-c4nc(C(F)(F)F)cs4)nc4ccccc34)C[C@H]2C1=O. The molecule has 6 rings (SSSR count). The molecule has 1 saturated carbocycles. The number of pyridine rings is 1. The largest absolute Gasteiger partial charge is 0.488 e. The Labute approximate surface area is 254 Å². The highest BCUT2D eigenvalue weighted by atomic mass is 32.1. The Bertz CT molecular complexity index is 1640. The van der Waals surface area contributed by atoms with Crippen LogP contribution in [0.1, 0.15) is 37.8 Å². The van der Waals surface area contributed by atoms with Crippen molar-refractivity contribution < 1.29 is 37.4 Å². The Kier molecular flexibility index (Phi) is 7.72. The van der Waals surface area contributed by atoms with Crippen molar-refractivity contribution in [2.45, 2.75) is 56.0 Å². The second-order valence-electron chi connectivity index (χ2n) is 11.4. The van der Waals surface area contributed by atoms with Crippen LogP contribution in [0.2, 0.25) is 0 Å². The number of nitrogens with one attached hydrogen (secondary N) is 1. The Morgan fingerprint density at radius 1 is 1.20 bits per heavy atom. The highest BCUT2D eigenvalue weighted by Gasteiger charge is 2.61. The van der Waals surface area contributed by atoms with Crippen molar-refractivity contribution in [3.05, 3.63) is 53.6 Å². The van der Waals surface area contributed by atoms with Gasteiger partial charge >= 0.3 is 18.2 Å². The molecule has 14 heteroatoms. The average Bonchev–Trinajstić information content (AvgIpc) is 3.30. The molecule has 44 heavy (non-hydrogen) atoms. The molecule has 3 amide bonds. The Hall–Kier alpha value is -4.20. The van der Waals surface area contributed by atoms with Crippen LogP contribution >= 0.6 is 11.3 Å². The van der Waals surface area contributed by atoms with E-state index < -0.39 is 41.6 Å². The minimum atomic E-state index is -4.60. The summed E-state index contributed by atoms with van der Waals surface area (Å²) >= 11 is 0.814. The molecular weight excluding hydrogens is 599 g/mol. The van der Waals surface area contributed by atoms with Gasteiger partial charge < -0.3 is 25.0 Å². The van der Waals surface area contributed by atoms with E-state index in [4.69, 9.17) is 4.74 Å². The lowest BCUT2D eigenvalue weighted by atomic mass is 10.1. The zero-order valence-corrected chi connectivity index (χ0v) is 24.5. The summed E-state index contributed by atoms with van der Waals surface area (Å²) in [7, 11) is 1.68. The van der Waals surface area contributed by atoms with Crippen LogP contribution in [0.25, 0.3) is 21.6 Å². The number of rotatable bonds is 4. The summed E-state index contributed by atoms with van der Waals surface area (Å²) < 4.78 is 46.1. The lowest BCUT2D eigenvalue weighted by Crippen LogP contribution is -2.55. The first-order chi connectivity index (χ1) is 21.0. The third kappa shape index (κ3) is 5.70. The normalized spacial score (nSPS) is 26.9. The van der Waals surface area contributed by atoms with Gasteiger partial charge in [0.25, 0.3) is 0 Å². The van der Waals surface area contributed by atoms with Gasteiger partial charge in [-0.2, -0.15) is 13.2 Å². The highest BCUT2D eigenvalue weighted by molar-refractivity contribution is 7.13. The molecular formula is C30H30F3N5O5S. The average molecular weight is 630 g/mol. The number of carboxylic acid groups (broad SMARTS) is 1. The van der Waals surface area contributed by atoms with E-state index in [1.165, 1.54) is 11.0 Å². The molecule has 4 heterocycles. The van der Waals surface area contributed by atoms with Crippen molar-refractivity contribution in [2.24, 2.45) is 5.92 Å². The smallest absolute Gasteiger partial charge is 0.434 e. The monoisotopic (exact) mass is 629 g/mol. The summed E-state index contributed by atoms with van der Waals surface area (Å²) in [4.78, 5) is 50.5. The second-order valence-corrected chi connectivity index (χ2v) is 12.3. The molecule has 2 aromatic heterocycles. The molecule has 0 bridgehead atoms. The first-order valence-electron chi connectivity index (χ1n) is 14.3. The number of urea groups is 1. The number of carbonyl (C=O) groups is 3. The zero-order chi connectivity index (χ0) is 31.2. The molecule has 2 fully saturated rings. The number of benzene rings is 1. The van der Waals surface area contributed by atoms with E-state index in [1.807, 2.05) is 12.2 Å². The predicted octanol–water partition coefficient (Wildman–Crippen LogP) is 4.95. The van der Waals surface area contributed by atoms with Gasteiger partial charge in [0.15, 0.2) is 5.69 Å². The second kappa shape index (κ2) is 11.4. The minimum Gasteiger partial charge on any atom is -0.488 e. The van der Waals surface area contributed by atoms with Crippen molar-refractivity contribution in [1.82, 2.24) is 25.1 Å². The van der Waals surface area contributed by atoms with E-state index in [9.17, 15) is 32.7 Å². The third-order valence-corrected chi connectivity index (χ3v) is 9.24. The van der Waals surface area contributed by atoms with Gasteiger partial charge in [0, 0.05) is 42.8 Å². The number of carboxylic acids is 1. The zero-order valence-electron chi connectivity index (χ0n) is 23.7. The summed E-state index contributed by atoms with van der Waals surface area (Å²) in [5, 5.41) is 14.3. The van der Waals surface area contributed by atoms with Gasteiger partial charge in [0.1, 0.15) is 34.1 Å². The van der Waals surface area contributed by atoms with Crippen molar-refractivity contribution in [3.63, 3.8) is 0 Å². The number of halogens is 3. The van der Waals surface area contributed by atoms with Crippen LogP contribution in [0, 0.1) is 5.92 Å². The first-order valence-corrected chi connectivity index (χ1v) is 15.2. The molecule has 2 N–H and O–H groups in total. The molecule has 1 saturated heterocycles. The van der Waals surface area contributed by atoms with Gasteiger partial charge in [-0.15, -0.1) is 11.3 Å². The molecule has 0 unspecified atom stereocenters. The number of aromatic nitrogens is 2. The summed E-state index contributed by atoms with van der Waals surface area (Å²) in [5.41, 5.74) is -1.78. The summed E-state index contributed by atoms with van der Waals surface area (Å²) in [6.07, 6.45) is 1.23. The predicted molar refractivity (Wildman–Crippen MR) is 155 cm³/mol. The van der Waals surface area contributed by atoms with E-state index in [-0.39, 0.29) is 41.9 Å². The fraction of sp³-hybridized carbons (Fsp3) is 0.433. The molecule has 1 aromatic carbocycles. The molecule has 2 aliphatic heterocycles. The lowest BCUT2D eigenvalue weighted by Gasteiger charge is -2.29. The van der Waals surface area contributed by atoms with Crippen molar-refractivity contribution in [2.75, 3.05) is 20.1 Å². The van der Waals surface area contributed by atoms with Gasteiger partial charge in [-0.25, -0.2) is 19.6 Å². The summed E-state index contributed by atoms with van der Waals surface area (Å²) in [6, 6.07) is 6.94. The van der Waals surface area contributed by atoms with Gasteiger partial charge in [0.2, 0.25) is 5.91 Å². The van der Waals surface area contributed by atoms with Crippen molar-refractivity contribution >= 4 is 40.1 Å². The van der Waals surface area contributed by atoms with Gasteiger partial charge in [-0.05, 0) is 37.8 Å². The van der Waals surface area contributed by atoms with Gasteiger partial charge in [-0.1, -0.05) is 24.3 Å². The number of hydrogen-bond acceptors (Lipinski definition) is 7. The molecule has 0 radical (unpaired) electrons. The molecule has 3 aliphatic rings. The van der Waals surface area contributed by atoms with Crippen LogP contribution in [0.15, 0.2) is 47.9 Å². The van der Waals surface area contributed by atoms with Crippen molar-refractivity contribution in [3.8, 4) is 16.5 Å². The van der Waals surface area contributed by atoms with Crippen LogP contribution in [-0.4, -0.2) is 80.6 Å². The lowest BCUT2D eigenvalue weighted by molar-refractivity contribution is -0.141. The number of alkyl halides is 3. The highest BCUT2D eigenvalue weighted by Crippen LogP contribution is 2.45. The Morgan fingerprint density at radius 3 is 2.75 bits per heavy atom. The quantitative estimate of drug-likeness (QED) is 0.392. The Balaban J connectivity index is 1.31. The number of allylic oxidation sites excluding steroid dienone is 1. The molecule has 10 nitrogen and oxygen atoms in total. The number of thiazole rings is 1. The van der Waals surface area contributed by atoms with Crippen LogP contribution < -0.4 is 10.1 Å². The molecule has 3 aromatic rings. The number of para-hydroxylation sites is 1. The number of carbonyl (C=O) groups excluding carboxylic acids is 2. The van der Waals surface area contributed by atoms with E-state index >= 15 is 0 Å². The van der Waals surface area contributed by atoms with Gasteiger partial charge in [-0.3, -0.25) is 4.79 Å². The molecule has 4 atom stereocenters. The number of likely N-dealkylation sites (N-methyl/N-ethyl adjacent to an activating group) is 1. The number of nitrogens with zero attached hydrogens (tertiary/aromatic N) is 4. The number of amides is 3. The van der Waals surface area contributed by atoms with Crippen LogP contribution in [0.3, 0.4) is 0 Å². The first kappa shape index (κ1) is 29.9. The standard InChI is InChI=1S/C30H30F3N5O5S/c1-37-11-7-3-2-4-8-17-14-29(17,27(40)41)36-28(42)38-15-18(12-22(38)26(37)39)43-23-13-21(34-20-10-6-5-9-19(20)23)25-35-24(16-44-25)30(31,32)33/h4-6,8-10,13,16-18,22H,2-3,7,11-12,14-15H2,1H3,(H,36,42)(H,40,41)/b8-4-/t17-,18+,22+,29-/m1/s1. The maximum absolute atomic E-state index is 13.6. The van der Waals surface area contributed by atoms with E-state index in [0.29, 0.717) is 23.2 Å². The minimum absolute atomic E-state index is 0.00621. The maximum atomic E-state index is 13.6. The fourth-order valence-corrected chi connectivity index (χ4v) is 6.64. The third-order valence-electron chi connectivity index (χ3n) is 8.38. The summed E-state index contributed by atoms with van der Waals surface area (Å²) in [5.74, 6) is -1.44. The molecule has 1 aliphatic carbocycles. The van der Waals surface area contributed by atoms with Crippen molar-refractivity contribution in [1.29, 1.82) is 0 Å². The van der Waals surface area contributed by atoms with E-state index in [1.54, 1.807) is 36.2 Å². The number of fused-ring (bicyclic) bond motifs is 3. The van der Waals surface area contributed by atoms with Crippen LogP contribution in [-0.2, 0) is 15.8 Å².